The Balaban J connectivity index is 1.31. The van der Waals surface area contributed by atoms with Crippen LogP contribution < -0.4 is 0 Å². The summed E-state index contributed by atoms with van der Waals surface area (Å²) in [5.74, 6) is -0.477. The van der Waals surface area contributed by atoms with E-state index in [0.29, 0.717) is 49.0 Å². The van der Waals surface area contributed by atoms with Crippen LogP contribution in [0.25, 0.3) is 0 Å². The highest BCUT2D eigenvalue weighted by Gasteiger charge is 2.49. The van der Waals surface area contributed by atoms with Gasteiger partial charge in [0.05, 0.1) is 11.5 Å². The first kappa shape index (κ1) is 27.4. The minimum atomic E-state index is -3.95. The van der Waals surface area contributed by atoms with Crippen LogP contribution in [-0.4, -0.2) is 63.1 Å². The van der Waals surface area contributed by atoms with Crippen LogP contribution in [0, 0.1) is 5.82 Å². The minimum Gasteiger partial charge on any atom is -0.449 e. The summed E-state index contributed by atoms with van der Waals surface area (Å²) in [6.45, 7) is 3.50. The van der Waals surface area contributed by atoms with E-state index in [9.17, 15) is 17.6 Å². The highest BCUT2D eigenvalue weighted by Crippen LogP contribution is 2.47. The molecule has 5 rings (SSSR count). The lowest BCUT2D eigenvalue weighted by Crippen LogP contribution is -2.48. The summed E-state index contributed by atoms with van der Waals surface area (Å²) in [4.78, 5) is 17.4. The molecule has 0 N–H and O–H groups in total. The molecule has 9 heteroatoms. The number of ether oxygens (including phenoxy) is 1. The van der Waals surface area contributed by atoms with Crippen LogP contribution in [0.3, 0.4) is 0 Å². The first-order valence-electron chi connectivity index (χ1n) is 13.7. The number of hydrogen-bond acceptors (Lipinski definition) is 5. The third-order valence-electron chi connectivity index (χ3n) is 8.59. The van der Waals surface area contributed by atoms with Gasteiger partial charge in [0.25, 0.3) is 0 Å². The number of carbonyl (C=O) groups excluding carboxylic acids is 1. The highest BCUT2D eigenvalue weighted by atomic mass is 35.5. The Bertz CT molecular complexity index is 1240. The average molecular weight is 563 g/mol. The number of sulfone groups is 1. The maximum Gasteiger partial charge on any atom is 0.409 e. The van der Waals surface area contributed by atoms with Gasteiger partial charge in [0.15, 0.2) is 9.84 Å². The number of hydrogen-bond donors (Lipinski definition) is 0. The predicted molar refractivity (Wildman–Crippen MR) is 146 cm³/mol. The molecule has 0 bridgehead atoms. The van der Waals surface area contributed by atoms with Crippen LogP contribution in [0.1, 0.15) is 62.5 Å². The van der Waals surface area contributed by atoms with Crippen LogP contribution in [0.4, 0.5) is 9.18 Å². The SMILES string of the molecule is O=C(OCCC1(S(=O)(=O)c2ccc(Cl)cc2)CCCc2ccc(F)cc21)N1CCC(N2CCCCC2)CC1. The summed E-state index contributed by atoms with van der Waals surface area (Å²) in [6.07, 6.45) is 6.95. The average Bonchev–Trinajstić information content (AvgIpc) is 2.94. The fourth-order valence-electron chi connectivity index (χ4n) is 6.49. The van der Waals surface area contributed by atoms with Gasteiger partial charge in [-0.05, 0) is 106 Å². The van der Waals surface area contributed by atoms with Crippen molar-refractivity contribution in [3.8, 4) is 0 Å². The highest BCUT2D eigenvalue weighted by molar-refractivity contribution is 7.92. The quantitative estimate of drug-likeness (QED) is 0.434. The second-order valence-corrected chi connectivity index (χ2v) is 13.5. The topological polar surface area (TPSA) is 66.9 Å². The molecule has 0 spiro atoms. The molecule has 0 aromatic heterocycles. The molecule has 1 aliphatic carbocycles. The van der Waals surface area contributed by atoms with Crippen molar-refractivity contribution in [3.05, 3.63) is 64.4 Å². The molecule has 0 saturated carbocycles. The summed E-state index contributed by atoms with van der Waals surface area (Å²) < 4.78 is 47.0. The molecule has 1 atom stereocenters. The molecule has 206 valence electrons. The fourth-order valence-corrected chi connectivity index (χ4v) is 8.81. The third kappa shape index (κ3) is 5.45. The number of likely N-dealkylation sites (tertiary alicyclic amines) is 2. The molecule has 6 nitrogen and oxygen atoms in total. The van der Waals surface area contributed by atoms with Gasteiger partial charge in [-0.2, -0.15) is 0 Å². The summed E-state index contributed by atoms with van der Waals surface area (Å²) in [7, 11) is -3.95. The van der Waals surface area contributed by atoms with Gasteiger partial charge in [-0.3, -0.25) is 0 Å². The smallest absolute Gasteiger partial charge is 0.409 e. The van der Waals surface area contributed by atoms with E-state index in [0.717, 1.165) is 31.5 Å². The van der Waals surface area contributed by atoms with Gasteiger partial charge in [-0.25, -0.2) is 17.6 Å². The number of fused-ring (bicyclic) bond motifs is 1. The van der Waals surface area contributed by atoms with E-state index in [1.54, 1.807) is 23.1 Å². The molecular weight excluding hydrogens is 527 g/mol. The lowest BCUT2D eigenvalue weighted by molar-refractivity contribution is 0.0637. The maximum absolute atomic E-state index is 14.4. The van der Waals surface area contributed by atoms with E-state index in [4.69, 9.17) is 16.3 Å². The van der Waals surface area contributed by atoms with Crippen molar-refractivity contribution in [3.63, 3.8) is 0 Å². The predicted octanol–water partition coefficient (Wildman–Crippen LogP) is 5.96. The summed E-state index contributed by atoms with van der Waals surface area (Å²) in [6, 6.07) is 11.0. The Hall–Kier alpha value is -2.16. The van der Waals surface area contributed by atoms with Crippen molar-refractivity contribution in [1.29, 1.82) is 0 Å². The molecule has 2 heterocycles. The zero-order valence-electron chi connectivity index (χ0n) is 21.7. The van der Waals surface area contributed by atoms with Gasteiger partial charge in [-0.1, -0.05) is 24.1 Å². The van der Waals surface area contributed by atoms with Crippen molar-refractivity contribution in [2.24, 2.45) is 0 Å². The molecule has 2 aromatic rings. The molecule has 0 radical (unpaired) electrons. The number of amides is 1. The molecule has 2 fully saturated rings. The number of nitrogens with zero attached hydrogens (tertiary/aromatic N) is 2. The van der Waals surface area contributed by atoms with E-state index < -0.39 is 26.5 Å². The second-order valence-electron chi connectivity index (χ2n) is 10.8. The standard InChI is InChI=1S/C29H36ClFN2O4S/c30-23-7-10-26(11-8-23)38(35,36)29(14-4-5-22-6-9-24(31)21-27(22)29)15-20-37-28(34)33-18-12-25(13-19-33)32-16-2-1-3-17-32/h6-11,21,25H,1-5,12-20H2. The summed E-state index contributed by atoms with van der Waals surface area (Å²) in [5, 5.41) is 0.436. The first-order valence-corrected chi connectivity index (χ1v) is 15.6. The Labute approximate surface area is 230 Å². The largest absolute Gasteiger partial charge is 0.449 e. The Kier molecular flexibility index (Phi) is 8.31. The van der Waals surface area contributed by atoms with Crippen molar-refractivity contribution in [1.82, 2.24) is 9.80 Å². The van der Waals surface area contributed by atoms with Crippen molar-refractivity contribution < 1.29 is 22.3 Å². The van der Waals surface area contributed by atoms with E-state index in [2.05, 4.69) is 4.90 Å². The lowest BCUT2D eigenvalue weighted by Gasteiger charge is -2.40. The Morgan fingerprint density at radius 2 is 1.71 bits per heavy atom. The van der Waals surface area contributed by atoms with Crippen molar-refractivity contribution in [2.45, 2.75) is 73.5 Å². The van der Waals surface area contributed by atoms with E-state index >= 15 is 0 Å². The van der Waals surface area contributed by atoms with Crippen LogP contribution in [0.2, 0.25) is 5.02 Å². The molecule has 1 amide bonds. The van der Waals surface area contributed by atoms with Gasteiger partial charge in [0, 0.05) is 30.6 Å². The van der Waals surface area contributed by atoms with Crippen LogP contribution in [0.15, 0.2) is 47.4 Å². The number of piperidine rings is 2. The van der Waals surface area contributed by atoms with Crippen molar-refractivity contribution in [2.75, 3.05) is 32.8 Å². The number of rotatable bonds is 6. The second kappa shape index (κ2) is 11.5. The van der Waals surface area contributed by atoms with Gasteiger partial charge >= 0.3 is 6.09 Å². The fraction of sp³-hybridized carbons (Fsp3) is 0.552. The monoisotopic (exact) mass is 562 g/mol. The lowest BCUT2D eigenvalue weighted by atomic mass is 9.80. The van der Waals surface area contributed by atoms with Gasteiger partial charge in [-0.15, -0.1) is 0 Å². The molecule has 2 aromatic carbocycles. The van der Waals surface area contributed by atoms with Gasteiger partial charge in [0.2, 0.25) is 0 Å². The number of benzene rings is 2. The maximum atomic E-state index is 14.4. The first-order chi connectivity index (χ1) is 18.3. The van der Waals surface area contributed by atoms with E-state index in [1.165, 1.54) is 43.5 Å². The van der Waals surface area contributed by atoms with E-state index in [1.807, 2.05) is 0 Å². The molecular formula is C29H36ClFN2O4S. The summed E-state index contributed by atoms with van der Waals surface area (Å²) in [5.41, 5.74) is 1.29. The zero-order chi connectivity index (χ0) is 26.8. The minimum absolute atomic E-state index is 0.0599. The number of aryl methyl sites for hydroxylation is 1. The summed E-state index contributed by atoms with van der Waals surface area (Å²) >= 11 is 6.02. The van der Waals surface area contributed by atoms with Crippen molar-refractivity contribution >= 4 is 27.5 Å². The van der Waals surface area contributed by atoms with Crippen LogP contribution in [0.5, 0.6) is 0 Å². The van der Waals surface area contributed by atoms with Crippen LogP contribution >= 0.6 is 11.6 Å². The molecule has 2 aliphatic heterocycles. The number of carbonyl (C=O) groups is 1. The Morgan fingerprint density at radius 1 is 1.00 bits per heavy atom. The van der Waals surface area contributed by atoms with Gasteiger partial charge < -0.3 is 14.5 Å². The molecule has 1 unspecified atom stereocenters. The zero-order valence-corrected chi connectivity index (χ0v) is 23.3. The number of halogens is 2. The van der Waals surface area contributed by atoms with Crippen LogP contribution in [-0.2, 0) is 25.7 Å². The molecule has 3 aliphatic rings. The Morgan fingerprint density at radius 3 is 2.42 bits per heavy atom. The van der Waals surface area contributed by atoms with E-state index in [-0.39, 0.29) is 17.9 Å². The molecule has 38 heavy (non-hydrogen) atoms. The molecule has 2 saturated heterocycles. The normalized spacial score (nSPS) is 23.2. The van der Waals surface area contributed by atoms with Gasteiger partial charge in [0.1, 0.15) is 10.6 Å². The third-order valence-corrected chi connectivity index (χ3v) is 11.4.